The van der Waals surface area contributed by atoms with E-state index < -0.39 is 5.91 Å². The maximum absolute atomic E-state index is 12.1. The zero-order valence-corrected chi connectivity index (χ0v) is 13.9. The lowest BCUT2D eigenvalue weighted by Gasteiger charge is -2.10. The van der Waals surface area contributed by atoms with Crippen molar-refractivity contribution in [3.63, 3.8) is 0 Å². The van der Waals surface area contributed by atoms with Crippen LogP contribution in [0.1, 0.15) is 10.4 Å². The van der Waals surface area contributed by atoms with Crippen LogP contribution in [0.3, 0.4) is 0 Å². The highest BCUT2D eigenvalue weighted by molar-refractivity contribution is 9.10. The Bertz CT molecular complexity index is 707. The lowest BCUT2D eigenvalue weighted by Crippen LogP contribution is -2.12. The first-order valence-electron chi connectivity index (χ1n) is 5.76. The Balaban J connectivity index is 2.26. The number of amides is 1. The van der Waals surface area contributed by atoms with Gasteiger partial charge in [-0.15, -0.1) is 0 Å². The summed E-state index contributed by atoms with van der Waals surface area (Å²) in [6.45, 7) is 0. The quantitative estimate of drug-likeness (QED) is 0.745. The van der Waals surface area contributed by atoms with Gasteiger partial charge in [-0.25, -0.2) is 0 Å². The second-order valence-corrected chi connectivity index (χ2v) is 5.67. The number of nitrogens with one attached hydrogen (secondary N) is 1. The summed E-state index contributed by atoms with van der Waals surface area (Å²) < 4.78 is 5.55. The molecule has 2 N–H and O–H groups in total. The van der Waals surface area contributed by atoms with Crippen LogP contribution < -0.4 is 10.1 Å². The average molecular weight is 391 g/mol. The van der Waals surface area contributed by atoms with E-state index in [1.54, 1.807) is 12.1 Å². The molecular formula is C14H10BrCl2NO3. The van der Waals surface area contributed by atoms with Crippen LogP contribution in [-0.4, -0.2) is 18.1 Å². The summed E-state index contributed by atoms with van der Waals surface area (Å²) in [4.78, 5) is 12.1. The first-order valence-corrected chi connectivity index (χ1v) is 7.30. The van der Waals surface area contributed by atoms with Gasteiger partial charge in [-0.2, -0.15) is 0 Å². The number of hydrogen-bond acceptors (Lipinski definition) is 3. The molecule has 0 aliphatic rings. The number of phenolic OH excluding ortho intramolecular Hbond substituents is 1. The van der Waals surface area contributed by atoms with E-state index in [0.29, 0.717) is 15.2 Å². The highest BCUT2D eigenvalue weighted by Gasteiger charge is 2.14. The molecule has 7 heteroatoms. The molecule has 0 spiro atoms. The van der Waals surface area contributed by atoms with Gasteiger partial charge in [0.25, 0.3) is 5.91 Å². The number of halogens is 3. The van der Waals surface area contributed by atoms with Crippen LogP contribution in [0.4, 0.5) is 5.69 Å². The average Bonchev–Trinajstić information content (AvgIpc) is 2.47. The van der Waals surface area contributed by atoms with Crippen molar-refractivity contribution >= 4 is 50.7 Å². The minimum absolute atomic E-state index is 0.120. The summed E-state index contributed by atoms with van der Waals surface area (Å²) in [5.74, 6) is -0.255. The van der Waals surface area contributed by atoms with Crippen molar-refractivity contribution in [3.8, 4) is 11.5 Å². The third kappa shape index (κ3) is 3.43. The molecule has 2 aromatic carbocycles. The molecule has 0 bridgehead atoms. The van der Waals surface area contributed by atoms with Crippen molar-refractivity contribution in [1.29, 1.82) is 0 Å². The summed E-state index contributed by atoms with van der Waals surface area (Å²) in [5.41, 5.74) is 0.647. The van der Waals surface area contributed by atoms with Gasteiger partial charge in [-0.1, -0.05) is 23.2 Å². The molecule has 110 valence electrons. The lowest BCUT2D eigenvalue weighted by molar-refractivity contribution is 0.102. The van der Waals surface area contributed by atoms with Crippen LogP contribution in [0, 0.1) is 0 Å². The second kappa shape index (κ2) is 6.56. The Kier molecular flexibility index (Phi) is 4.98. The van der Waals surface area contributed by atoms with Gasteiger partial charge in [0.05, 0.1) is 22.8 Å². The Labute approximate surface area is 139 Å². The molecule has 0 heterocycles. The zero-order chi connectivity index (χ0) is 15.6. The fraction of sp³-hybridized carbons (Fsp3) is 0.0714. The topological polar surface area (TPSA) is 58.6 Å². The third-order valence-corrected chi connectivity index (χ3v) is 4.50. The molecule has 21 heavy (non-hydrogen) atoms. The van der Waals surface area contributed by atoms with E-state index in [-0.39, 0.29) is 22.1 Å². The third-order valence-electron chi connectivity index (χ3n) is 2.72. The lowest BCUT2D eigenvalue weighted by atomic mass is 10.2. The Morgan fingerprint density at radius 1 is 1.24 bits per heavy atom. The minimum Gasteiger partial charge on any atom is -0.504 e. The second-order valence-electron chi connectivity index (χ2n) is 4.06. The summed E-state index contributed by atoms with van der Waals surface area (Å²) in [6, 6.07) is 7.64. The first-order chi connectivity index (χ1) is 9.93. The Hall–Kier alpha value is -1.43. The van der Waals surface area contributed by atoms with Crippen molar-refractivity contribution < 1.29 is 14.6 Å². The monoisotopic (exact) mass is 389 g/mol. The number of benzene rings is 2. The summed E-state index contributed by atoms with van der Waals surface area (Å²) in [5, 5.41) is 12.9. The molecule has 0 atom stereocenters. The maximum Gasteiger partial charge on any atom is 0.255 e. The van der Waals surface area contributed by atoms with Gasteiger partial charge in [-0.3, -0.25) is 4.79 Å². The van der Waals surface area contributed by atoms with E-state index in [9.17, 15) is 9.90 Å². The van der Waals surface area contributed by atoms with Gasteiger partial charge in [-0.05, 0) is 46.3 Å². The number of methoxy groups -OCH3 is 1. The number of rotatable bonds is 3. The Morgan fingerprint density at radius 3 is 2.57 bits per heavy atom. The van der Waals surface area contributed by atoms with Gasteiger partial charge < -0.3 is 15.2 Å². The normalized spacial score (nSPS) is 10.3. The Morgan fingerprint density at radius 2 is 1.95 bits per heavy atom. The van der Waals surface area contributed by atoms with Crippen molar-refractivity contribution in [2.45, 2.75) is 0 Å². The van der Waals surface area contributed by atoms with Crippen LogP contribution in [0.15, 0.2) is 34.8 Å². The first kappa shape index (κ1) is 15.9. The SMILES string of the molecule is COc1ccc(C(=O)Nc2ccc(Br)c(Cl)c2Cl)cc1O. The fourth-order valence-electron chi connectivity index (χ4n) is 1.65. The predicted octanol–water partition coefficient (Wildman–Crippen LogP) is 4.72. The molecule has 2 rings (SSSR count). The molecule has 0 aromatic heterocycles. The molecule has 0 aliphatic heterocycles. The van der Waals surface area contributed by atoms with Crippen LogP contribution in [-0.2, 0) is 0 Å². The number of carbonyl (C=O) groups excluding carboxylic acids is 1. The molecule has 0 saturated carbocycles. The van der Waals surface area contributed by atoms with Crippen molar-refractivity contribution in [2.24, 2.45) is 0 Å². The summed E-state index contributed by atoms with van der Waals surface area (Å²) >= 11 is 15.3. The fourth-order valence-corrected chi connectivity index (χ4v) is 2.47. The molecule has 0 fully saturated rings. The van der Waals surface area contributed by atoms with Gasteiger partial charge in [0.2, 0.25) is 0 Å². The van der Waals surface area contributed by atoms with E-state index >= 15 is 0 Å². The van der Waals surface area contributed by atoms with Crippen molar-refractivity contribution in [1.82, 2.24) is 0 Å². The van der Waals surface area contributed by atoms with Gasteiger partial charge in [0.15, 0.2) is 11.5 Å². The molecule has 0 aliphatic carbocycles. The van der Waals surface area contributed by atoms with Crippen LogP contribution >= 0.6 is 39.1 Å². The molecule has 4 nitrogen and oxygen atoms in total. The number of aromatic hydroxyl groups is 1. The maximum atomic E-state index is 12.1. The summed E-state index contributed by atoms with van der Waals surface area (Å²) in [7, 11) is 1.43. The van der Waals surface area contributed by atoms with E-state index in [1.165, 1.54) is 25.3 Å². The van der Waals surface area contributed by atoms with Crippen molar-refractivity contribution in [3.05, 3.63) is 50.4 Å². The van der Waals surface area contributed by atoms with Crippen molar-refractivity contribution in [2.75, 3.05) is 12.4 Å². The standard InChI is InChI=1S/C14H10BrCl2NO3/c1-21-11-5-2-7(6-10(11)19)14(20)18-9-4-3-8(15)12(16)13(9)17/h2-6,19H,1H3,(H,18,20). The molecule has 0 unspecified atom stereocenters. The number of ether oxygens (including phenoxy) is 1. The van der Waals surface area contributed by atoms with E-state index in [4.69, 9.17) is 27.9 Å². The number of anilines is 1. The van der Waals surface area contributed by atoms with E-state index in [1.807, 2.05) is 0 Å². The molecular weight excluding hydrogens is 381 g/mol. The number of hydrogen-bond donors (Lipinski definition) is 2. The zero-order valence-electron chi connectivity index (χ0n) is 10.8. The van der Waals surface area contributed by atoms with Gasteiger partial charge in [0.1, 0.15) is 0 Å². The van der Waals surface area contributed by atoms with Gasteiger partial charge >= 0.3 is 0 Å². The van der Waals surface area contributed by atoms with Gasteiger partial charge in [0, 0.05) is 10.0 Å². The molecule has 2 aromatic rings. The minimum atomic E-state index is -0.423. The predicted molar refractivity (Wildman–Crippen MR) is 86.8 cm³/mol. The molecule has 0 radical (unpaired) electrons. The van der Waals surface area contributed by atoms with Crippen LogP contribution in [0.25, 0.3) is 0 Å². The summed E-state index contributed by atoms with van der Waals surface area (Å²) in [6.07, 6.45) is 0. The van der Waals surface area contributed by atoms with E-state index in [0.717, 1.165) is 0 Å². The number of carbonyl (C=O) groups is 1. The van der Waals surface area contributed by atoms with Crippen LogP contribution in [0.5, 0.6) is 11.5 Å². The van der Waals surface area contributed by atoms with Crippen LogP contribution in [0.2, 0.25) is 10.0 Å². The highest BCUT2D eigenvalue weighted by atomic mass is 79.9. The molecule has 0 saturated heterocycles. The highest BCUT2D eigenvalue weighted by Crippen LogP contribution is 2.36. The number of phenols is 1. The largest absolute Gasteiger partial charge is 0.504 e. The smallest absolute Gasteiger partial charge is 0.255 e. The molecule has 1 amide bonds. The van der Waals surface area contributed by atoms with E-state index in [2.05, 4.69) is 21.2 Å².